The monoisotopic (exact) mass is 357 g/mol. The highest BCUT2D eigenvalue weighted by atomic mass is 16.5. The van der Waals surface area contributed by atoms with Crippen LogP contribution in [0.5, 0.6) is 6.01 Å². The van der Waals surface area contributed by atoms with Gasteiger partial charge in [-0.25, -0.2) is 0 Å². The van der Waals surface area contributed by atoms with Crippen molar-refractivity contribution in [1.82, 2.24) is 14.8 Å². The van der Waals surface area contributed by atoms with Gasteiger partial charge in [0.1, 0.15) is 0 Å². The fourth-order valence-corrected chi connectivity index (χ4v) is 3.11. The van der Waals surface area contributed by atoms with Crippen molar-refractivity contribution >= 4 is 5.91 Å². The third-order valence-electron chi connectivity index (χ3n) is 4.05. The van der Waals surface area contributed by atoms with Crippen LogP contribution in [-0.2, 0) is 0 Å². The number of nitrogens with zero attached hydrogens (tertiary/aromatic N) is 3. The maximum Gasteiger partial charge on any atom is 0.336 e. The molecule has 142 valence electrons. The molecule has 0 amide bonds. The van der Waals surface area contributed by atoms with E-state index in [1.54, 1.807) is 0 Å². The quantitative estimate of drug-likeness (QED) is 0.688. The Balaban J connectivity index is 2.28. The van der Waals surface area contributed by atoms with E-state index in [1.165, 1.54) is 4.68 Å². The first-order valence-electron chi connectivity index (χ1n) is 9.39. The average molecular weight is 357 g/mol. The molecule has 2 aromatic rings. The molecule has 0 aliphatic rings. The molecule has 0 spiro atoms. The van der Waals surface area contributed by atoms with E-state index in [0.717, 1.165) is 24.0 Å². The van der Waals surface area contributed by atoms with Gasteiger partial charge in [0.15, 0.2) is 5.82 Å². The van der Waals surface area contributed by atoms with Crippen LogP contribution in [0.15, 0.2) is 24.3 Å². The molecule has 1 aromatic heterocycles. The maximum absolute atomic E-state index is 12.9. The standard InChI is InChI=1S/C21H31N3O2/c1-7-12-26-20-22-19(17-10-8-15(2)9-11-17)24(23-20)18(25)13-16(3)14-21(4,5)6/h8-11,16H,7,12-14H2,1-6H3. The van der Waals surface area contributed by atoms with Gasteiger partial charge in [0.25, 0.3) is 0 Å². The van der Waals surface area contributed by atoms with Gasteiger partial charge in [0.2, 0.25) is 5.91 Å². The van der Waals surface area contributed by atoms with Crippen LogP contribution in [0, 0.1) is 18.3 Å². The molecule has 1 unspecified atom stereocenters. The molecule has 0 aliphatic carbocycles. The van der Waals surface area contributed by atoms with E-state index >= 15 is 0 Å². The van der Waals surface area contributed by atoms with Crippen molar-refractivity contribution in [2.24, 2.45) is 11.3 Å². The lowest BCUT2D eigenvalue weighted by Gasteiger charge is -2.22. The van der Waals surface area contributed by atoms with Gasteiger partial charge >= 0.3 is 6.01 Å². The predicted octanol–water partition coefficient (Wildman–Crippen LogP) is 5.14. The van der Waals surface area contributed by atoms with Gasteiger partial charge in [-0.15, -0.1) is 5.10 Å². The summed E-state index contributed by atoms with van der Waals surface area (Å²) in [5, 5.41) is 4.33. The highest BCUT2D eigenvalue weighted by molar-refractivity contribution is 5.82. The second-order valence-electron chi connectivity index (χ2n) is 8.31. The fourth-order valence-electron chi connectivity index (χ4n) is 3.11. The lowest BCUT2D eigenvalue weighted by atomic mass is 9.84. The van der Waals surface area contributed by atoms with Crippen LogP contribution in [0.2, 0.25) is 0 Å². The molecule has 2 rings (SSSR count). The van der Waals surface area contributed by atoms with Crippen molar-refractivity contribution in [2.45, 2.75) is 60.8 Å². The molecule has 0 aliphatic heterocycles. The summed E-state index contributed by atoms with van der Waals surface area (Å²) in [6.45, 7) is 13.3. The predicted molar refractivity (Wildman–Crippen MR) is 104 cm³/mol. The number of carbonyl (C=O) groups is 1. The number of rotatable bonds is 7. The van der Waals surface area contributed by atoms with E-state index in [2.05, 4.69) is 37.8 Å². The Morgan fingerprint density at radius 1 is 1.23 bits per heavy atom. The van der Waals surface area contributed by atoms with Crippen LogP contribution in [0.1, 0.15) is 64.2 Å². The number of aryl methyl sites for hydroxylation is 1. The van der Waals surface area contributed by atoms with Crippen molar-refractivity contribution < 1.29 is 9.53 Å². The van der Waals surface area contributed by atoms with Crippen molar-refractivity contribution in [1.29, 1.82) is 0 Å². The normalized spacial score (nSPS) is 12.8. The van der Waals surface area contributed by atoms with Gasteiger partial charge in [0.05, 0.1) is 6.61 Å². The summed E-state index contributed by atoms with van der Waals surface area (Å²) < 4.78 is 6.97. The second-order valence-corrected chi connectivity index (χ2v) is 8.31. The van der Waals surface area contributed by atoms with Crippen molar-refractivity contribution in [3.05, 3.63) is 29.8 Å². The van der Waals surface area contributed by atoms with Gasteiger partial charge in [-0.1, -0.05) is 64.4 Å². The molecule has 1 atom stereocenters. The Morgan fingerprint density at radius 3 is 2.46 bits per heavy atom. The minimum atomic E-state index is -0.0452. The number of aromatic nitrogens is 3. The molecule has 0 N–H and O–H groups in total. The second kappa shape index (κ2) is 8.47. The molecule has 26 heavy (non-hydrogen) atoms. The Hall–Kier alpha value is -2.17. The molecule has 5 nitrogen and oxygen atoms in total. The summed E-state index contributed by atoms with van der Waals surface area (Å²) in [5.41, 5.74) is 2.22. The summed E-state index contributed by atoms with van der Waals surface area (Å²) in [6, 6.07) is 8.21. The Labute approximate surface area is 156 Å². The molecule has 0 fully saturated rings. The van der Waals surface area contributed by atoms with Gasteiger partial charge in [0, 0.05) is 12.0 Å². The van der Waals surface area contributed by atoms with E-state index in [0.29, 0.717) is 18.9 Å². The van der Waals surface area contributed by atoms with Crippen LogP contribution >= 0.6 is 0 Å². The SMILES string of the molecule is CCCOc1nc(-c2ccc(C)cc2)n(C(=O)CC(C)CC(C)(C)C)n1. The molecule has 0 radical (unpaired) electrons. The van der Waals surface area contributed by atoms with E-state index in [9.17, 15) is 4.79 Å². The van der Waals surface area contributed by atoms with Gasteiger partial charge in [-0.05, 0) is 31.1 Å². The zero-order chi connectivity index (χ0) is 19.3. The minimum Gasteiger partial charge on any atom is -0.462 e. The lowest BCUT2D eigenvalue weighted by molar-refractivity contribution is 0.0856. The lowest BCUT2D eigenvalue weighted by Crippen LogP contribution is -2.20. The van der Waals surface area contributed by atoms with Gasteiger partial charge in [-0.3, -0.25) is 4.79 Å². The highest BCUT2D eigenvalue weighted by Gasteiger charge is 2.23. The van der Waals surface area contributed by atoms with E-state index in [4.69, 9.17) is 4.74 Å². The third kappa shape index (κ3) is 5.68. The van der Waals surface area contributed by atoms with E-state index in [-0.39, 0.29) is 23.3 Å². The largest absolute Gasteiger partial charge is 0.462 e. The zero-order valence-electron chi connectivity index (χ0n) is 16.9. The topological polar surface area (TPSA) is 57.0 Å². The molecule has 1 heterocycles. The summed E-state index contributed by atoms with van der Waals surface area (Å²) in [5.74, 6) is 0.776. The third-order valence-corrected chi connectivity index (χ3v) is 4.05. The Bertz CT molecular complexity index is 727. The summed E-state index contributed by atoms with van der Waals surface area (Å²) >= 11 is 0. The van der Waals surface area contributed by atoms with Crippen LogP contribution < -0.4 is 4.74 Å². The summed E-state index contributed by atoms with van der Waals surface area (Å²) in [6.07, 6.45) is 2.28. The van der Waals surface area contributed by atoms with Crippen molar-refractivity contribution in [2.75, 3.05) is 6.61 Å². The Morgan fingerprint density at radius 2 is 1.88 bits per heavy atom. The molecule has 1 aromatic carbocycles. The molecule has 0 saturated carbocycles. The minimum absolute atomic E-state index is 0.0452. The first-order valence-corrected chi connectivity index (χ1v) is 9.39. The van der Waals surface area contributed by atoms with Gasteiger partial charge in [-0.2, -0.15) is 9.67 Å². The molecular formula is C21H31N3O2. The molecule has 5 heteroatoms. The zero-order valence-corrected chi connectivity index (χ0v) is 16.9. The molecule has 0 saturated heterocycles. The summed E-state index contributed by atoms with van der Waals surface area (Å²) in [7, 11) is 0. The van der Waals surface area contributed by atoms with Crippen molar-refractivity contribution in [3.63, 3.8) is 0 Å². The van der Waals surface area contributed by atoms with E-state index in [1.807, 2.05) is 38.1 Å². The molecular weight excluding hydrogens is 326 g/mol. The van der Waals surface area contributed by atoms with Crippen LogP contribution in [0.4, 0.5) is 0 Å². The first kappa shape index (κ1) is 20.1. The summed E-state index contributed by atoms with van der Waals surface area (Å²) in [4.78, 5) is 17.4. The Kier molecular flexibility index (Phi) is 6.57. The van der Waals surface area contributed by atoms with Crippen LogP contribution in [0.25, 0.3) is 11.4 Å². The highest BCUT2D eigenvalue weighted by Crippen LogP contribution is 2.27. The van der Waals surface area contributed by atoms with E-state index < -0.39 is 0 Å². The number of benzene rings is 1. The number of hydrogen-bond acceptors (Lipinski definition) is 4. The van der Waals surface area contributed by atoms with Gasteiger partial charge < -0.3 is 4.74 Å². The van der Waals surface area contributed by atoms with Crippen LogP contribution in [0.3, 0.4) is 0 Å². The number of hydrogen-bond donors (Lipinski definition) is 0. The fraction of sp³-hybridized carbons (Fsp3) is 0.571. The number of carbonyl (C=O) groups excluding carboxylic acids is 1. The smallest absolute Gasteiger partial charge is 0.336 e. The average Bonchev–Trinajstić information content (AvgIpc) is 2.96. The molecule has 0 bridgehead atoms. The van der Waals surface area contributed by atoms with Crippen molar-refractivity contribution in [3.8, 4) is 17.4 Å². The first-order chi connectivity index (χ1) is 12.2. The van der Waals surface area contributed by atoms with Crippen LogP contribution in [-0.4, -0.2) is 27.3 Å². The number of ether oxygens (including phenoxy) is 1. The maximum atomic E-state index is 12.9.